The molecule has 1 heterocycles. The van der Waals surface area contributed by atoms with Gasteiger partial charge in [-0.1, -0.05) is 0 Å². The van der Waals surface area contributed by atoms with Crippen LogP contribution < -0.4 is 5.73 Å². The number of primary amides is 1. The minimum Gasteiger partial charge on any atom is -0.369 e. The van der Waals surface area contributed by atoms with Gasteiger partial charge in [0, 0.05) is 12.4 Å². The van der Waals surface area contributed by atoms with E-state index in [0.717, 1.165) is 0 Å². The van der Waals surface area contributed by atoms with Gasteiger partial charge in [0.15, 0.2) is 5.78 Å². The average Bonchev–Trinajstić information content (AvgIpc) is 2.17. The Labute approximate surface area is 75.0 Å². The van der Waals surface area contributed by atoms with E-state index in [1.165, 1.54) is 25.6 Å². The highest BCUT2D eigenvalue weighted by Gasteiger charge is 2.20. The SMILES string of the molecule is CC(C(N)=O)C(=O)c1cncnc1. The standard InChI is InChI=1S/C8H9N3O2/c1-5(8(9)13)7(12)6-2-10-4-11-3-6/h2-5H,1H3,(H2,9,13). The van der Waals surface area contributed by atoms with Crippen molar-refractivity contribution in [2.75, 3.05) is 0 Å². The fourth-order valence-electron chi connectivity index (χ4n) is 0.806. The second-order valence-corrected chi connectivity index (χ2v) is 2.62. The van der Waals surface area contributed by atoms with Crippen LogP contribution in [-0.2, 0) is 4.79 Å². The highest BCUT2D eigenvalue weighted by atomic mass is 16.2. The number of hydrogen-bond donors (Lipinski definition) is 1. The summed E-state index contributed by atoms with van der Waals surface area (Å²) in [5, 5.41) is 0. The zero-order valence-electron chi connectivity index (χ0n) is 7.10. The average molecular weight is 179 g/mol. The number of hydrogen-bond acceptors (Lipinski definition) is 4. The number of ketones is 1. The van der Waals surface area contributed by atoms with Crippen LogP contribution in [0.1, 0.15) is 17.3 Å². The van der Waals surface area contributed by atoms with Gasteiger partial charge in [0.25, 0.3) is 0 Å². The smallest absolute Gasteiger partial charge is 0.228 e. The van der Waals surface area contributed by atoms with Crippen LogP contribution in [0.25, 0.3) is 0 Å². The van der Waals surface area contributed by atoms with Crippen molar-refractivity contribution >= 4 is 11.7 Å². The Hall–Kier alpha value is -1.78. The van der Waals surface area contributed by atoms with Gasteiger partial charge in [0.1, 0.15) is 6.33 Å². The summed E-state index contributed by atoms with van der Waals surface area (Å²) in [7, 11) is 0. The van der Waals surface area contributed by atoms with Crippen LogP contribution in [0.5, 0.6) is 0 Å². The normalized spacial score (nSPS) is 12.1. The first-order valence-electron chi connectivity index (χ1n) is 3.71. The molecule has 1 amide bonds. The monoisotopic (exact) mass is 179 g/mol. The number of Topliss-reactive ketones (excluding diaryl/α,β-unsaturated/α-hetero) is 1. The van der Waals surface area contributed by atoms with Crippen LogP contribution in [0, 0.1) is 5.92 Å². The first-order valence-corrected chi connectivity index (χ1v) is 3.71. The summed E-state index contributed by atoms with van der Waals surface area (Å²) < 4.78 is 0. The maximum absolute atomic E-state index is 11.4. The maximum Gasteiger partial charge on any atom is 0.228 e. The molecular weight excluding hydrogens is 170 g/mol. The molecule has 1 atom stereocenters. The van der Waals surface area contributed by atoms with E-state index in [1.54, 1.807) is 0 Å². The molecular formula is C8H9N3O2. The number of nitrogens with zero attached hydrogens (tertiary/aromatic N) is 2. The predicted octanol–water partition coefficient (Wildman–Crippen LogP) is -0.219. The highest BCUT2D eigenvalue weighted by molar-refractivity contribution is 6.08. The van der Waals surface area contributed by atoms with E-state index in [0.29, 0.717) is 5.56 Å². The van der Waals surface area contributed by atoms with Crippen LogP contribution in [0.2, 0.25) is 0 Å². The third-order valence-corrected chi connectivity index (χ3v) is 1.67. The van der Waals surface area contributed by atoms with Crippen molar-refractivity contribution in [2.24, 2.45) is 11.7 Å². The number of amides is 1. The van der Waals surface area contributed by atoms with Crippen molar-refractivity contribution in [1.29, 1.82) is 0 Å². The molecule has 68 valence electrons. The lowest BCUT2D eigenvalue weighted by molar-refractivity contribution is -0.119. The Kier molecular flexibility index (Phi) is 2.69. The number of carbonyl (C=O) groups excluding carboxylic acids is 2. The second kappa shape index (κ2) is 3.75. The van der Waals surface area contributed by atoms with E-state index in [2.05, 4.69) is 9.97 Å². The number of rotatable bonds is 3. The van der Waals surface area contributed by atoms with Gasteiger partial charge >= 0.3 is 0 Å². The number of aromatic nitrogens is 2. The molecule has 1 aromatic heterocycles. The van der Waals surface area contributed by atoms with Gasteiger partial charge < -0.3 is 5.73 Å². The third kappa shape index (κ3) is 2.08. The Morgan fingerprint density at radius 3 is 2.38 bits per heavy atom. The molecule has 13 heavy (non-hydrogen) atoms. The third-order valence-electron chi connectivity index (χ3n) is 1.67. The van der Waals surface area contributed by atoms with Crippen molar-refractivity contribution in [3.63, 3.8) is 0 Å². The van der Waals surface area contributed by atoms with Gasteiger partial charge in [-0.2, -0.15) is 0 Å². The second-order valence-electron chi connectivity index (χ2n) is 2.62. The van der Waals surface area contributed by atoms with Gasteiger partial charge in [-0.05, 0) is 6.92 Å². The van der Waals surface area contributed by atoms with Crippen LogP contribution in [0.3, 0.4) is 0 Å². The summed E-state index contributed by atoms with van der Waals surface area (Å²) in [5.41, 5.74) is 5.27. The molecule has 0 spiro atoms. The summed E-state index contributed by atoms with van der Waals surface area (Å²) in [6.07, 6.45) is 4.02. The van der Waals surface area contributed by atoms with Gasteiger partial charge in [-0.3, -0.25) is 9.59 Å². The number of carbonyl (C=O) groups is 2. The van der Waals surface area contributed by atoms with Crippen molar-refractivity contribution in [2.45, 2.75) is 6.92 Å². The molecule has 0 aliphatic rings. The van der Waals surface area contributed by atoms with Gasteiger partial charge in [0.05, 0.1) is 11.5 Å². The Bertz CT molecular complexity index is 323. The van der Waals surface area contributed by atoms with Crippen LogP contribution >= 0.6 is 0 Å². The minimum absolute atomic E-state index is 0.300. The van der Waals surface area contributed by atoms with E-state index in [1.807, 2.05) is 0 Å². The molecule has 2 N–H and O–H groups in total. The molecule has 1 unspecified atom stereocenters. The first-order chi connectivity index (χ1) is 6.13. The quantitative estimate of drug-likeness (QED) is 0.513. The lowest BCUT2D eigenvalue weighted by Crippen LogP contribution is -2.27. The van der Waals surface area contributed by atoms with Crippen LogP contribution in [-0.4, -0.2) is 21.7 Å². The molecule has 0 aliphatic heterocycles. The summed E-state index contributed by atoms with van der Waals surface area (Å²) in [4.78, 5) is 29.4. The van der Waals surface area contributed by atoms with Gasteiger partial charge in [-0.15, -0.1) is 0 Å². The fraction of sp³-hybridized carbons (Fsp3) is 0.250. The molecule has 0 saturated heterocycles. The van der Waals surface area contributed by atoms with E-state index in [9.17, 15) is 9.59 Å². The van der Waals surface area contributed by atoms with Gasteiger partial charge in [-0.25, -0.2) is 9.97 Å². The van der Waals surface area contributed by atoms with Crippen LogP contribution in [0.15, 0.2) is 18.7 Å². The van der Waals surface area contributed by atoms with E-state index in [-0.39, 0.29) is 5.78 Å². The van der Waals surface area contributed by atoms with Crippen molar-refractivity contribution in [3.8, 4) is 0 Å². The lowest BCUT2D eigenvalue weighted by Gasteiger charge is -2.04. The fourth-order valence-corrected chi connectivity index (χ4v) is 0.806. The predicted molar refractivity (Wildman–Crippen MR) is 44.7 cm³/mol. The molecule has 0 aromatic carbocycles. The lowest BCUT2D eigenvalue weighted by atomic mass is 10.0. The van der Waals surface area contributed by atoms with Crippen molar-refractivity contribution < 1.29 is 9.59 Å². The molecule has 0 aliphatic carbocycles. The molecule has 5 nitrogen and oxygen atoms in total. The van der Waals surface area contributed by atoms with Crippen molar-refractivity contribution in [3.05, 3.63) is 24.3 Å². The zero-order valence-corrected chi connectivity index (χ0v) is 7.10. The maximum atomic E-state index is 11.4. The molecule has 0 fully saturated rings. The summed E-state index contributed by atoms with van der Waals surface area (Å²) in [6, 6.07) is 0. The topological polar surface area (TPSA) is 85.9 Å². The highest BCUT2D eigenvalue weighted by Crippen LogP contribution is 2.05. The summed E-state index contributed by atoms with van der Waals surface area (Å²) >= 11 is 0. The molecule has 5 heteroatoms. The largest absolute Gasteiger partial charge is 0.369 e. The van der Waals surface area contributed by atoms with Gasteiger partial charge in [0.2, 0.25) is 5.91 Å². The molecule has 0 bridgehead atoms. The Morgan fingerprint density at radius 1 is 1.38 bits per heavy atom. The summed E-state index contributed by atoms with van der Waals surface area (Å²) in [6.45, 7) is 1.46. The van der Waals surface area contributed by atoms with Crippen LogP contribution in [0.4, 0.5) is 0 Å². The molecule has 1 aromatic rings. The molecule has 0 radical (unpaired) electrons. The summed E-state index contributed by atoms with van der Waals surface area (Å²) in [5.74, 6) is -1.83. The van der Waals surface area contributed by atoms with E-state index in [4.69, 9.17) is 5.73 Å². The molecule has 1 rings (SSSR count). The van der Waals surface area contributed by atoms with Crippen molar-refractivity contribution in [1.82, 2.24) is 9.97 Å². The Balaban J connectivity index is 2.86. The minimum atomic E-state index is -0.828. The van der Waals surface area contributed by atoms with E-state index < -0.39 is 11.8 Å². The van der Waals surface area contributed by atoms with E-state index >= 15 is 0 Å². The first kappa shape index (κ1) is 9.31. The zero-order chi connectivity index (χ0) is 9.84. The molecule has 0 saturated carbocycles. The number of nitrogens with two attached hydrogens (primary N) is 1. The Morgan fingerprint density at radius 2 is 1.92 bits per heavy atom.